The largest absolute Gasteiger partial charge is 0.465 e. The Kier molecular flexibility index (Phi) is 5.23. The summed E-state index contributed by atoms with van der Waals surface area (Å²) in [5.41, 5.74) is 0. The third-order valence-electron chi connectivity index (χ3n) is 3.04. The van der Waals surface area contributed by atoms with Gasteiger partial charge in [-0.05, 0) is 25.6 Å². The maximum atomic E-state index is 5.77. The van der Waals surface area contributed by atoms with Crippen LogP contribution in [-0.2, 0) is 22.4 Å². The van der Waals surface area contributed by atoms with E-state index < -0.39 is 0 Å². The molecule has 2 heterocycles. The van der Waals surface area contributed by atoms with Gasteiger partial charge in [0.05, 0.1) is 32.5 Å². The van der Waals surface area contributed by atoms with Crippen LogP contribution in [0.15, 0.2) is 16.5 Å². The molecule has 4 heteroatoms. The lowest BCUT2D eigenvalue weighted by Crippen LogP contribution is -2.38. The highest BCUT2D eigenvalue weighted by Crippen LogP contribution is 2.12. The molecule has 1 aliphatic rings. The second kappa shape index (κ2) is 6.92. The van der Waals surface area contributed by atoms with Gasteiger partial charge in [-0.15, -0.1) is 0 Å². The van der Waals surface area contributed by atoms with Gasteiger partial charge < -0.3 is 13.9 Å². The molecule has 1 fully saturated rings. The van der Waals surface area contributed by atoms with Crippen molar-refractivity contribution in [2.75, 3.05) is 33.4 Å². The van der Waals surface area contributed by atoms with Crippen molar-refractivity contribution in [2.45, 2.75) is 32.4 Å². The molecule has 1 saturated heterocycles. The van der Waals surface area contributed by atoms with Crippen molar-refractivity contribution in [3.63, 3.8) is 0 Å². The normalized spacial score (nSPS) is 20.5. The average Bonchev–Trinajstić information content (AvgIpc) is 2.78. The lowest BCUT2D eigenvalue weighted by molar-refractivity contribution is -0.0965. The number of hydrogen-bond acceptors (Lipinski definition) is 4. The number of furan rings is 1. The Labute approximate surface area is 109 Å². The van der Waals surface area contributed by atoms with Gasteiger partial charge in [0.1, 0.15) is 11.5 Å². The molecule has 1 unspecified atom stereocenters. The first-order valence-corrected chi connectivity index (χ1v) is 6.73. The molecule has 4 nitrogen and oxygen atoms in total. The summed E-state index contributed by atoms with van der Waals surface area (Å²) in [5, 5.41) is 0. The van der Waals surface area contributed by atoms with Crippen LogP contribution in [0.5, 0.6) is 0 Å². The Morgan fingerprint density at radius 1 is 1.28 bits per heavy atom. The number of aryl methyl sites for hydroxylation is 1. The quantitative estimate of drug-likeness (QED) is 0.777. The first-order chi connectivity index (χ1) is 8.78. The number of hydrogen-bond donors (Lipinski definition) is 0. The molecule has 0 aliphatic carbocycles. The topological polar surface area (TPSA) is 34.8 Å². The SMILES string of the molecule is CCCc1ccc(CN(C)CC2COCCO2)o1. The second-order valence-corrected chi connectivity index (χ2v) is 4.88. The first kappa shape index (κ1) is 13.6. The molecule has 0 spiro atoms. The van der Waals surface area contributed by atoms with Gasteiger partial charge in [0.15, 0.2) is 0 Å². The Hall–Kier alpha value is -0.840. The van der Waals surface area contributed by atoms with E-state index in [-0.39, 0.29) is 6.10 Å². The van der Waals surface area contributed by atoms with Crippen LogP contribution in [0.1, 0.15) is 24.9 Å². The summed E-state index contributed by atoms with van der Waals surface area (Å²) in [6.45, 7) is 5.99. The highest BCUT2D eigenvalue weighted by atomic mass is 16.6. The number of ether oxygens (including phenoxy) is 2. The highest BCUT2D eigenvalue weighted by Gasteiger charge is 2.17. The van der Waals surface area contributed by atoms with Crippen LogP contribution in [-0.4, -0.2) is 44.4 Å². The van der Waals surface area contributed by atoms with Crippen LogP contribution in [0.2, 0.25) is 0 Å². The molecule has 0 aromatic carbocycles. The summed E-state index contributed by atoms with van der Waals surface area (Å²) in [6.07, 6.45) is 2.33. The zero-order chi connectivity index (χ0) is 12.8. The van der Waals surface area contributed by atoms with Crippen LogP contribution in [0, 0.1) is 0 Å². The fourth-order valence-electron chi connectivity index (χ4n) is 2.21. The lowest BCUT2D eigenvalue weighted by Gasteiger charge is -2.26. The van der Waals surface area contributed by atoms with E-state index in [1.165, 1.54) is 0 Å². The van der Waals surface area contributed by atoms with Crippen LogP contribution >= 0.6 is 0 Å². The second-order valence-electron chi connectivity index (χ2n) is 4.88. The van der Waals surface area contributed by atoms with Crippen molar-refractivity contribution in [2.24, 2.45) is 0 Å². The first-order valence-electron chi connectivity index (χ1n) is 6.73. The molecule has 102 valence electrons. The van der Waals surface area contributed by atoms with Crippen molar-refractivity contribution < 1.29 is 13.9 Å². The lowest BCUT2D eigenvalue weighted by atomic mass is 10.3. The van der Waals surface area contributed by atoms with Gasteiger partial charge in [-0.25, -0.2) is 0 Å². The smallest absolute Gasteiger partial charge is 0.118 e. The van der Waals surface area contributed by atoms with E-state index in [0.717, 1.165) is 44.1 Å². The van der Waals surface area contributed by atoms with E-state index in [1.54, 1.807) is 0 Å². The molecule has 1 aromatic rings. The summed E-state index contributed by atoms with van der Waals surface area (Å²) in [6, 6.07) is 4.15. The summed E-state index contributed by atoms with van der Waals surface area (Å²) in [7, 11) is 2.08. The van der Waals surface area contributed by atoms with E-state index in [9.17, 15) is 0 Å². The van der Waals surface area contributed by atoms with Crippen molar-refractivity contribution in [1.82, 2.24) is 4.90 Å². The maximum absolute atomic E-state index is 5.77. The van der Waals surface area contributed by atoms with Gasteiger partial charge in [0, 0.05) is 13.0 Å². The van der Waals surface area contributed by atoms with Crippen molar-refractivity contribution in [3.8, 4) is 0 Å². The highest BCUT2D eigenvalue weighted by molar-refractivity contribution is 5.07. The van der Waals surface area contributed by atoms with Crippen LogP contribution in [0.25, 0.3) is 0 Å². The molecule has 0 bridgehead atoms. The molecule has 0 radical (unpaired) electrons. The number of nitrogens with zero attached hydrogens (tertiary/aromatic N) is 1. The number of rotatable bonds is 6. The van der Waals surface area contributed by atoms with E-state index in [1.807, 2.05) is 0 Å². The van der Waals surface area contributed by atoms with Gasteiger partial charge >= 0.3 is 0 Å². The number of likely N-dealkylation sites (N-methyl/N-ethyl adjacent to an activating group) is 1. The summed E-state index contributed by atoms with van der Waals surface area (Å²) >= 11 is 0. The molecule has 1 atom stereocenters. The van der Waals surface area contributed by atoms with Gasteiger partial charge in [0.2, 0.25) is 0 Å². The Morgan fingerprint density at radius 2 is 2.11 bits per heavy atom. The predicted molar refractivity (Wildman–Crippen MR) is 69.6 cm³/mol. The Morgan fingerprint density at radius 3 is 2.83 bits per heavy atom. The summed E-state index contributed by atoms with van der Waals surface area (Å²) in [5.74, 6) is 2.11. The molecule has 0 saturated carbocycles. The van der Waals surface area contributed by atoms with Crippen LogP contribution in [0.3, 0.4) is 0 Å². The Balaban J connectivity index is 1.76. The van der Waals surface area contributed by atoms with E-state index >= 15 is 0 Å². The maximum Gasteiger partial charge on any atom is 0.118 e. The van der Waals surface area contributed by atoms with Crippen molar-refractivity contribution in [1.29, 1.82) is 0 Å². The zero-order valence-corrected chi connectivity index (χ0v) is 11.4. The molecule has 0 amide bonds. The van der Waals surface area contributed by atoms with Gasteiger partial charge in [-0.2, -0.15) is 0 Å². The molecule has 2 rings (SSSR count). The minimum Gasteiger partial charge on any atom is -0.465 e. The van der Waals surface area contributed by atoms with E-state index in [4.69, 9.17) is 13.9 Å². The van der Waals surface area contributed by atoms with Gasteiger partial charge in [-0.3, -0.25) is 4.90 Å². The van der Waals surface area contributed by atoms with Crippen LogP contribution < -0.4 is 0 Å². The third kappa shape index (κ3) is 4.12. The third-order valence-corrected chi connectivity index (χ3v) is 3.04. The monoisotopic (exact) mass is 253 g/mol. The predicted octanol–water partition coefficient (Wildman–Crippen LogP) is 2.08. The standard InChI is InChI=1S/C14H23NO3/c1-3-4-12-5-6-13(18-12)9-15(2)10-14-11-16-7-8-17-14/h5-6,14H,3-4,7-11H2,1-2H3. The van der Waals surface area contributed by atoms with Gasteiger partial charge in [0.25, 0.3) is 0 Å². The van der Waals surface area contributed by atoms with Gasteiger partial charge in [-0.1, -0.05) is 6.92 Å². The fourth-order valence-corrected chi connectivity index (χ4v) is 2.21. The minimum atomic E-state index is 0.189. The summed E-state index contributed by atoms with van der Waals surface area (Å²) < 4.78 is 16.8. The van der Waals surface area contributed by atoms with E-state index in [0.29, 0.717) is 13.2 Å². The van der Waals surface area contributed by atoms with Crippen LogP contribution in [0.4, 0.5) is 0 Å². The zero-order valence-electron chi connectivity index (χ0n) is 11.4. The Bertz CT molecular complexity index is 345. The van der Waals surface area contributed by atoms with E-state index in [2.05, 4.69) is 31.0 Å². The summed E-state index contributed by atoms with van der Waals surface area (Å²) in [4.78, 5) is 2.22. The molecular formula is C14H23NO3. The minimum absolute atomic E-state index is 0.189. The van der Waals surface area contributed by atoms with Crippen molar-refractivity contribution >= 4 is 0 Å². The molecule has 1 aromatic heterocycles. The fraction of sp³-hybridized carbons (Fsp3) is 0.714. The molecule has 1 aliphatic heterocycles. The molecular weight excluding hydrogens is 230 g/mol. The van der Waals surface area contributed by atoms with Crippen molar-refractivity contribution in [3.05, 3.63) is 23.7 Å². The molecule has 18 heavy (non-hydrogen) atoms. The average molecular weight is 253 g/mol. The molecule has 0 N–H and O–H groups in total.